The minimum Gasteiger partial charge on any atom is -0.507 e. The molecule has 1 aliphatic rings. The molecule has 3 aromatic rings. The van der Waals surface area contributed by atoms with Crippen molar-refractivity contribution in [3.05, 3.63) is 105 Å². The van der Waals surface area contributed by atoms with Crippen LogP contribution < -0.4 is 4.90 Å². The van der Waals surface area contributed by atoms with Crippen molar-refractivity contribution in [1.29, 1.82) is 0 Å². The number of ketones is 1. The van der Waals surface area contributed by atoms with Crippen LogP contribution in [0.4, 0.5) is 23.2 Å². The molecule has 0 aliphatic carbocycles. The number of benzene rings is 3. The van der Waals surface area contributed by atoms with E-state index >= 15 is 0 Å². The van der Waals surface area contributed by atoms with Crippen molar-refractivity contribution in [2.75, 3.05) is 4.90 Å². The van der Waals surface area contributed by atoms with Gasteiger partial charge in [-0.25, -0.2) is 4.39 Å². The van der Waals surface area contributed by atoms with Crippen LogP contribution in [0, 0.1) is 12.7 Å². The first-order chi connectivity index (χ1) is 16.0. The molecule has 0 bridgehead atoms. The second-order valence-corrected chi connectivity index (χ2v) is 8.56. The summed E-state index contributed by atoms with van der Waals surface area (Å²) in [5.41, 5.74) is -0.939. The average Bonchev–Trinajstić information content (AvgIpc) is 3.05. The molecule has 1 N–H and O–H groups in total. The third-order valence-electron chi connectivity index (χ3n) is 5.53. The van der Waals surface area contributed by atoms with Crippen LogP contribution in [0.15, 0.2) is 76.8 Å². The van der Waals surface area contributed by atoms with Gasteiger partial charge in [-0.2, -0.15) is 13.2 Å². The molecule has 1 fully saturated rings. The van der Waals surface area contributed by atoms with Crippen LogP contribution in [0.3, 0.4) is 0 Å². The zero-order valence-corrected chi connectivity index (χ0v) is 19.1. The molecule has 4 nitrogen and oxygen atoms in total. The van der Waals surface area contributed by atoms with Gasteiger partial charge in [0, 0.05) is 21.3 Å². The molecule has 3 aromatic carbocycles. The molecule has 1 atom stereocenters. The number of halogens is 5. The molecule has 174 valence electrons. The number of aliphatic hydroxyl groups excluding tert-OH is 1. The van der Waals surface area contributed by atoms with Gasteiger partial charge in [0.05, 0.1) is 17.2 Å². The second-order valence-electron chi connectivity index (χ2n) is 7.70. The summed E-state index contributed by atoms with van der Waals surface area (Å²) in [4.78, 5) is 26.9. The summed E-state index contributed by atoms with van der Waals surface area (Å²) in [7, 11) is 0. The molecule has 0 spiro atoms. The first kappa shape index (κ1) is 23.7. The minimum absolute atomic E-state index is 0.144. The van der Waals surface area contributed by atoms with Crippen molar-refractivity contribution in [2.45, 2.75) is 19.1 Å². The Morgan fingerprint density at radius 3 is 2.35 bits per heavy atom. The quantitative estimate of drug-likeness (QED) is 0.180. The molecule has 34 heavy (non-hydrogen) atoms. The van der Waals surface area contributed by atoms with Crippen molar-refractivity contribution in [1.82, 2.24) is 0 Å². The monoisotopic (exact) mass is 533 g/mol. The van der Waals surface area contributed by atoms with Gasteiger partial charge in [-0.1, -0.05) is 46.3 Å². The highest BCUT2D eigenvalue weighted by molar-refractivity contribution is 9.10. The summed E-state index contributed by atoms with van der Waals surface area (Å²) >= 11 is 3.34. The number of amides is 1. The standard InChI is InChI=1S/C25H16BrF4NO3/c1-13-11-14(9-10-18(13)26)22(32)20-21(17-7-2-3-8-19(17)27)31(24(34)23(20)33)16-6-4-5-15(12-16)25(28,29)30/h2-12,21,32H,1H3/b22-20+. The van der Waals surface area contributed by atoms with Gasteiger partial charge < -0.3 is 5.11 Å². The smallest absolute Gasteiger partial charge is 0.416 e. The van der Waals surface area contributed by atoms with Crippen LogP contribution >= 0.6 is 15.9 Å². The summed E-state index contributed by atoms with van der Waals surface area (Å²) in [6.45, 7) is 1.75. The Bertz CT molecular complexity index is 1350. The Morgan fingerprint density at radius 1 is 1.00 bits per heavy atom. The third kappa shape index (κ3) is 4.11. The van der Waals surface area contributed by atoms with E-state index in [1.54, 1.807) is 19.1 Å². The van der Waals surface area contributed by atoms with Crippen molar-refractivity contribution in [2.24, 2.45) is 0 Å². The molecular weight excluding hydrogens is 518 g/mol. The lowest BCUT2D eigenvalue weighted by Gasteiger charge is -2.26. The van der Waals surface area contributed by atoms with Crippen molar-refractivity contribution < 1.29 is 32.3 Å². The van der Waals surface area contributed by atoms with Gasteiger partial charge in [0.25, 0.3) is 11.7 Å². The first-order valence-corrected chi connectivity index (χ1v) is 10.8. The maximum Gasteiger partial charge on any atom is 0.416 e. The summed E-state index contributed by atoms with van der Waals surface area (Å²) in [5, 5.41) is 11.1. The molecular formula is C25H16BrF4NO3. The number of alkyl halides is 3. The van der Waals surface area contributed by atoms with Gasteiger partial charge >= 0.3 is 6.18 Å². The molecule has 1 amide bonds. The number of carbonyl (C=O) groups excluding carboxylic acids is 2. The number of nitrogens with zero attached hydrogens (tertiary/aromatic N) is 1. The molecule has 4 rings (SSSR count). The van der Waals surface area contributed by atoms with Gasteiger partial charge in [0.1, 0.15) is 11.6 Å². The van der Waals surface area contributed by atoms with E-state index in [9.17, 15) is 32.3 Å². The average molecular weight is 534 g/mol. The molecule has 1 unspecified atom stereocenters. The summed E-state index contributed by atoms with van der Waals surface area (Å²) < 4.78 is 55.6. The summed E-state index contributed by atoms with van der Waals surface area (Å²) in [6, 6.07) is 12.3. The molecule has 0 saturated carbocycles. The molecule has 1 saturated heterocycles. The van der Waals surface area contributed by atoms with E-state index in [-0.39, 0.29) is 16.8 Å². The van der Waals surface area contributed by atoms with Crippen molar-refractivity contribution in [3.63, 3.8) is 0 Å². The number of carbonyl (C=O) groups is 2. The second kappa shape index (κ2) is 8.72. The topological polar surface area (TPSA) is 57.6 Å². The van der Waals surface area contributed by atoms with Gasteiger partial charge in [-0.15, -0.1) is 0 Å². The van der Waals surface area contributed by atoms with Gasteiger partial charge in [0.15, 0.2) is 0 Å². The SMILES string of the molecule is Cc1cc(/C(O)=C2\C(=O)C(=O)N(c3cccc(C(F)(F)F)c3)C2c2ccccc2F)ccc1Br. The molecule has 1 aliphatic heterocycles. The highest BCUT2D eigenvalue weighted by Gasteiger charge is 2.48. The lowest BCUT2D eigenvalue weighted by atomic mass is 9.94. The fourth-order valence-corrected chi connectivity index (χ4v) is 4.12. The van der Waals surface area contributed by atoms with Gasteiger partial charge in [0.2, 0.25) is 0 Å². The number of anilines is 1. The minimum atomic E-state index is -4.70. The number of hydrogen-bond donors (Lipinski definition) is 1. The summed E-state index contributed by atoms with van der Waals surface area (Å²) in [5.74, 6) is -3.66. The fourth-order valence-electron chi connectivity index (χ4n) is 3.87. The number of aliphatic hydroxyl groups is 1. The van der Waals surface area contributed by atoms with Gasteiger partial charge in [-0.05, 0) is 48.9 Å². The first-order valence-electron chi connectivity index (χ1n) is 10.00. The number of rotatable bonds is 3. The van der Waals surface area contributed by atoms with E-state index in [1.807, 2.05) is 0 Å². The van der Waals surface area contributed by atoms with Crippen molar-refractivity contribution >= 4 is 39.1 Å². The van der Waals surface area contributed by atoms with Crippen LogP contribution in [0.5, 0.6) is 0 Å². The molecule has 1 heterocycles. The Morgan fingerprint density at radius 2 is 1.71 bits per heavy atom. The van der Waals surface area contributed by atoms with E-state index < -0.39 is 46.6 Å². The van der Waals surface area contributed by atoms with Crippen LogP contribution in [0.25, 0.3) is 5.76 Å². The molecule has 0 aromatic heterocycles. The zero-order chi connectivity index (χ0) is 24.8. The van der Waals surface area contributed by atoms with Crippen LogP contribution in [0.1, 0.15) is 28.3 Å². The zero-order valence-electron chi connectivity index (χ0n) is 17.5. The van der Waals surface area contributed by atoms with Crippen LogP contribution in [0.2, 0.25) is 0 Å². The number of aryl methyl sites for hydroxylation is 1. The van der Waals surface area contributed by atoms with Gasteiger partial charge in [-0.3, -0.25) is 14.5 Å². The fraction of sp³-hybridized carbons (Fsp3) is 0.120. The maximum absolute atomic E-state index is 14.9. The van der Waals surface area contributed by atoms with E-state index in [4.69, 9.17) is 0 Å². The Balaban J connectivity index is 1.98. The van der Waals surface area contributed by atoms with E-state index in [0.717, 1.165) is 33.1 Å². The van der Waals surface area contributed by atoms with Crippen LogP contribution in [-0.4, -0.2) is 16.8 Å². The Kier molecular flexibility index (Phi) is 6.07. The maximum atomic E-state index is 14.9. The van der Waals surface area contributed by atoms with E-state index in [2.05, 4.69) is 15.9 Å². The summed E-state index contributed by atoms with van der Waals surface area (Å²) in [6.07, 6.45) is -4.70. The molecule has 9 heteroatoms. The predicted molar refractivity (Wildman–Crippen MR) is 122 cm³/mol. The Hall–Kier alpha value is -3.46. The van der Waals surface area contributed by atoms with E-state index in [0.29, 0.717) is 6.07 Å². The van der Waals surface area contributed by atoms with Crippen molar-refractivity contribution in [3.8, 4) is 0 Å². The number of Topliss-reactive ketones (excluding diaryl/α,β-unsaturated/α-hetero) is 1. The highest BCUT2D eigenvalue weighted by atomic mass is 79.9. The largest absolute Gasteiger partial charge is 0.507 e. The molecule has 0 radical (unpaired) electrons. The predicted octanol–water partition coefficient (Wildman–Crippen LogP) is 6.54. The number of hydrogen-bond acceptors (Lipinski definition) is 3. The van der Waals surface area contributed by atoms with E-state index in [1.165, 1.54) is 30.3 Å². The third-order valence-corrected chi connectivity index (χ3v) is 6.42. The lowest BCUT2D eigenvalue weighted by Crippen LogP contribution is -2.30. The van der Waals surface area contributed by atoms with Crippen LogP contribution in [-0.2, 0) is 15.8 Å². The normalized spacial score (nSPS) is 17.9. The Labute approximate surface area is 200 Å². The lowest BCUT2D eigenvalue weighted by molar-refractivity contribution is -0.137. The highest BCUT2D eigenvalue weighted by Crippen LogP contribution is 2.44.